The van der Waals surface area contributed by atoms with Crippen LogP contribution >= 0.6 is 0 Å². The molecule has 0 aromatic carbocycles. The summed E-state index contributed by atoms with van der Waals surface area (Å²) in [6, 6.07) is 0. The van der Waals surface area contributed by atoms with Gasteiger partial charge in [0, 0.05) is 12.6 Å². The maximum atomic E-state index is 12.0. The molecule has 0 saturated heterocycles. The van der Waals surface area contributed by atoms with Crippen molar-refractivity contribution in [1.82, 2.24) is 9.72 Å². The molecule has 0 saturated carbocycles. The van der Waals surface area contributed by atoms with Crippen molar-refractivity contribution in [1.29, 1.82) is 0 Å². The monoisotopic (exact) mass is 446 g/mol. The molecule has 1 amide bonds. The lowest BCUT2D eigenvalue weighted by Crippen LogP contribution is -2.68. The van der Waals surface area contributed by atoms with E-state index in [1.807, 2.05) is 25.0 Å². The first kappa shape index (κ1) is 26.4. The van der Waals surface area contributed by atoms with Crippen molar-refractivity contribution in [2.45, 2.75) is 20.8 Å². The third-order valence-corrected chi connectivity index (χ3v) is 3.79. The first-order valence-corrected chi connectivity index (χ1v) is 9.69. The van der Waals surface area contributed by atoms with E-state index in [0.717, 1.165) is 11.3 Å². The Bertz CT molecular complexity index is 820. The molecule has 0 radical (unpaired) electrons. The van der Waals surface area contributed by atoms with Crippen LogP contribution in [0.1, 0.15) is 27.4 Å². The van der Waals surface area contributed by atoms with Crippen LogP contribution in [0, 0.1) is 41.3 Å². The lowest BCUT2D eigenvalue weighted by molar-refractivity contribution is -2.00. The number of hydrogen-bond donors (Lipinski definition) is 1. The number of imidazole rings is 1. The van der Waals surface area contributed by atoms with E-state index in [2.05, 4.69) is 35.1 Å². The van der Waals surface area contributed by atoms with Crippen molar-refractivity contribution < 1.29 is 71.7 Å². The minimum absolute atomic E-state index is 0.0711. The molecule has 13 nitrogen and oxygen atoms in total. The SMILES string of the molecule is CNC(=O)c1c2n(c[n+]1C)c(C)c(C)c(C)[n+]2C.[O-][Cl+3]([O-])([O-])[O-].[O-][Cl+3]([O-])([O-])[O-]. The largest absolute Gasteiger partial charge is 0.352 e. The van der Waals surface area contributed by atoms with Crippen molar-refractivity contribution in [3.8, 4) is 0 Å². The molecule has 0 aliphatic rings. The molecule has 160 valence electrons. The highest BCUT2D eigenvalue weighted by molar-refractivity contribution is 5.95. The zero-order chi connectivity index (χ0) is 22.6. The van der Waals surface area contributed by atoms with Gasteiger partial charge in [-0.3, -0.25) is 4.79 Å². The highest BCUT2D eigenvalue weighted by Gasteiger charge is 2.29. The fourth-order valence-corrected chi connectivity index (χ4v) is 2.36. The van der Waals surface area contributed by atoms with Crippen LogP contribution in [0.15, 0.2) is 6.33 Å². The number of rotatable bonds is 1. The van der Waals surface area contributed by atoms with E-state index >= 15 is 0 Å². The van der Waals surface area contributed by atoms with E-state index in [0.29, 0.717) is 5.69 Å². The molecule has 0 aliphatic heterocycles. The summed E-state index contributed by atoms with van der Waals surface area (Å²) >= 11 is 0. The number of aromatic nitrogens is 3. The van der Waals surface area contributed by atoms with Crippen LogP contribution in [-0.4, -0.2) is 17.4 Å². The van der Waals surface area contributed by atoms with Gasteiger partial charge in [-0.25, -0.2) is 46.4 Å². The molecule has 1 N–H and O–H groups in total. The number of carbonyl (C=O) groups is 1. The van der Waals surface area contributed by atoms with Gasteiger partial charge in [0.15, 0.2) is 0 Å². The number of nitrogens with one attached hydrogen (secondary N) is 1. The number of fused-ring (bicyclic) bond motifs is 1. The quantitative estimate of drug-likeness (QED) is 0.409. The summed E-state index contributed by atoms with van der Waals surface area (Å²) in [5.41, 5.74) is 5.16. The summed E-state index contributed by atoms with van der Waals surface area (Å²) in [6.07, 6.45) is 1.95. The topological polar surface area (TPSA) is 226 Å². The maximum Gasteiger partial charge on any atom is 0.342 e. The molecule has 0 fully saturated rings. The molecule has 0 spiro atoms. The average Bonchev–Trinajstić information content (AvgIpc) is 2.84. The van der Waals surface area contributed by atoms with E-state index in [1.165, 1.54) is 11.3 Å². The molecule has 0 bridgehead atoms. The van der Waals surface area contributed by atoms with Crippen LogP contribution in [0.3, 0.4) is 0 Å². The highest BCUT2D eigenvalue weighted by atomic mass is 35.7. The Labute approximate surface area is 164 Å². The number of nitrogens with zero attached hydrogens (tertiary/aromatic N) is 3. The zero-order valence-corrected chi connectivity index (χ0v) is 17.4. The maximum absolute atomic E-state index is 12.0. The number of carbonyl (C=O) groups excluding carboxylic acids is 1. The predicted molar refractivity (Wildman–Crippen MR) is 67.4 cm³/mol. The van der Waals surface area contributed by atoms with Gasteiger partial charge < -0.3 is 5.32 Å². The molecular formula is C13H20Cl2N4O9. The first-order chi connectivity index (χ1) is 12.4. The Morgan fingerprint density at radius 3 is 1.71 bits per heavy atom. The second-order valence-corrected chi connectivity index (χ2v) is 6.97. The second kappa shape index (κ2) is 9.71. The summed E-state index contributed by atoms with van der Waals surface area (Å²) in [5, 5.41) is 2.69. The summed E-state index contributed by atoms with van der Waals surface area (Å²) in [5.74, 6) is -0.0711. The van der Waals surface area contributed by atoms with Gasteiger partial charge in [0.2, 0.25) is 0 Å². The van der Waals surface area contributed by atoms with E-state index < -0.39 is 20.5 Å². The summed E-state index contributed by atoms with van der Waals surface area (Å²) < 4.78 is 73.9. The Morgan fingerprint density at radius 1 is 0.964 bits per heavy atom. The summed E-state index contributed by atoms with van der Waals surface area (Å²) in [6.45, 7) is 6.25. The number of amides is 1. The zero-order valence-electron chi connectivity index (χ0n) is 15.8. The molecule has 0 aliphatic carbocycles. The van der Waals surface area contributed by atoms with Crippen molar-refractivity contribution >= 4 is 11.6 Å². The molecule has 15 heteroatoms. The van der Waals surface area contributed by atoms with Gasteiger partial charge in [-0.15, -0.1) is 20.5 Å². The van der Waals surface area contributed by atoms with Crippen molar-refractivity contribution in [3.05, 3.63) is 29.0 Å². The lowest BCUT2D eigenvalue weighted by Gasteiger charge is -2.17. The van der Waals surface area contributed by atoms with E-state index in [-0.39, 0.29) is 5.91 Å². The van der Waals surface area contributed by atoms with Gasteiger partial charge in [0.05, 0.1) is 14.1 Å². The van der Waals surface area contributed by atoms with E-state index in [9.17, 15) is 4.79 Å². The molecule has 28 heavy (non-hydrogen) atoms. The fourth-order valence-electron chi connectivity index (χ4n) is 2.36. The van der Waals surface area contributed by atoms with Crippen LogP contribution < -0.4 is 51.7 Å². The second-order valence-electron chi connectivity index (χ2n) is 5.46. The molecule has 2 heterocycles. The third kappa shape index (κ3) is 8.15. The van der Waals surface area contributed by atoms with Gasteiger partial charge >= 0.3 is 5.65 Å². The van der Waals surface area contributed by atoms with Crippen LogP contribution in [-0.2, 0) is 14.1 Å². The van der Waals surface area contributed by atoms with Gasteiger partial charge in [-0.1, -0.05) is 0 Å². The number of aryl methyl sites for hydroxylation is 3. The van der Waals surface area contributed by atoms with Crippen LogP contribution in [0.2, 0.25) is 0 Å². The Balaban J connectivity index is 0.000000607. The third-order valence-electron chi connectivity index (χ3n) is 3.79. The fraction of sp³-hybridized carbons (Fsp3) is 0.462. The lowest BCUT2D eigenvalue weighted by atomic mass is 10.2. The summed E-state index contributed by atoms with van der Waals surface area (Å²) in [4.78, 5) is 12.0. The minimum Gasteiger partial charge on any atom is -0.352 e. The standard InChI is InChI=1S/C13H19N4O.2ClHO4/c1-8-9(2)16(6)13-11(12(18)14-4)15(5)7-17(13)10(8)3;2*2-1(3,4)5/h7H,1-6H3;2*(H,2,3,4,5)/q+1;;/p-1. The Morgan fingerprint density at radius 2 is 1.36 bits per heavy atom. The molecular weight excluding hydrogens is 427 g/mol. The van der Waals surface area contributed by atoms with E-state index in [4.69, 9.17) is 37.3 Å². The highest BCUT2D eigenvalue weighted by Crippen LogP contribution is 2.13. The van der Waals surface area contributed by atoms with Crippen LogP contribution in [0.25, 0.3) is 5.65 Å². The van der Waals surface area contributed by atoms with Gasteiger partial charge in [-0.05, 0) is 20.8 Å². The van der Waals surface area contributed by atoms with Gasteiger partial charge in [0.1, 0.15) is 11.4 Å². The normalized spacial score (nSPS) is 11.4. The first-order valence-electron chi connectivity index (χ1n) is 7.22. The average molecular weight is 447 g/mol. The van der Waals surface area contributed by atoms with Crippen LogP contribution in [0.4, 0.5) is 0 Å². The molecule has 0 atom stereocenters. The molecule has 2 aromatic rings. The number of halogens is 2. The molecule has 0 unspecified atom stereocenters. The summed E-state index contributed by atoms with van der Waals surface area (Å²) in [7, 11) is -4.36. The smallest absolute Gasteiger partial charge is 0.342 e. The minimum atomic E-state index is -4.94. The molecule has 2 rings (SSSR count). The Hall–Kier alpha value is -1.65. The molecule has 2 aromatic heterocycles. The Kier molecular flexibility index (Phi) is 9.14. The van der Waals surface area contributed by atoms with E-state index in [1.54, 1.807) is 7.05 Å². The van der Waals surface area contributed by atoms with Crippen molar-refractivity contribution in [2.24, 2.45) is 14.1 Å². The van der Waals surface area contributed by atoms with Crippen molar-refractivity contribution in [2.75, 3.05) is 7.05 Å². The van der Waals surface area contributed by atoms with Crippen molar-refractivity contribution in [3.63, 3.8) is 0 Å². The predicted octanol–water partition coefficient (Wildman–Crippen LogP) is -9.64. The van der Waals surface area contributed by atoms with Gasteiger partial charge in [-0.2, -0.15) is 4.40 Å². The number of hydrogen-bond acceptors (Lipinski definition) is 9. The van der Waals surface area contributed by atoms with Crippen LogP contribution in [0.5, 0.6) is 0 Å². The van der Waals surface area contributed by atoms with Gasteiger partial charge in [0.25, 0.3) is 17.9 Å².